The van der Waals surface area contributed by atoms with Crippen LogP contribution in [0, 0.1) is 12.7 Å². The van der Waals surface area contributed by atoms with E-state index in [1.54, 1.807) is 31.5 Å². The van der Waals surface area contributed by atoms with Gasteiger partial charge in [-0.25, -0.2) is 4.39 Å². The van der Waals surface area contributed by atoms with E-state index in [1.165, 1.54) is 19.2 Å². The van der Waals surface area contributed by atoms with Crippen LogP contribution in [0.15, 0.2) is 47.1 Å². The van der Waals surface area contributed by atoms with E-state index < -0.39 is 5.91 Å². The van der Waals surface area contributed by atoms with Gasteiger partial charge in [-0.05, 0) is 36.2 Å². The largest absolute Gasteiger partial charge is 0.496 e. The summed E-state index contributed by atoms with van der Waals surface area (Å²) in [6.07, 6.45) is 2.17. The minimum Gasteiger partial charge on any atom is -0.496 e. The highest BCUT2D eigenvalue weighted by molar-refractivity contribution is 6.25. The summed E-state index contributed by atoms with van der Waals surface area (Å²) in [5.74, 6) is -0.313. The van der Waals surface area contributed by atoms with Crippen LogP contribution in [0.4, 0.5) is 4.39 Å². The van der Waals surface area contributed by atoms with Crippen LogP contribution in [0.1, 0.15) is 16.7 Å². The van der Waals surface area contributed by atoms with Crippen LogP contribution in [0.5, 0.6) is 5.75 Å². The molecule has 1 aromatic heterocycles. The molecule has 0 fully saturated rings. The van der Waals surface area contributed by atoms with Gasteiger partial charge in [0.2, 0.25) is 6.41 Å². The monoisotopic (exact) mass is 455 g/mol. The lowest BCUT2D eigenvalue weighted by molar-refractivity contribution is -0.114. The molecule has 3 aromatic rings. The lowest BCUT2D eigenvalue weighted by Crippen LogP contribution is -2.29. The van der Waals surface area contributed by atoms with Crippen molar-refractivity contribution in [2.75, 3.05) is 14.2 Å². The molecular formula is C22H26FN7O3. The maximum absolute atomic E-state index is 12.4. The Labute approximate surface area is 189 Å². The number of aromatic amines is 1. The number of aliphatic imine (C=N–C) groups is 1. The molecule has 0 aliphatic carbocycles. The molecule has 0 saturated carbocycles. The fourth-order valence-corrected chi connectivity index (χ4v) is 3.11. The molecule has 0 spiro atoms. The highest BCUT2D eigenvalue weighted by atomic mass is 19.1. The average molecular weight is 455 g/mol. The molecule has 10 nitrogen and oxygen atoms in total. The molecule has 0 bridgehead atoms. The summed E-state index contributed by atoms with van der Waals surface area (Å²) in [7, 11) is 3.01. The van der Waals surface area contributed by atoms with Gasteiger partial charge >= 0.3 is 0 Å². The summed E-state index contributed by atoms with van der Waals surface area (Å²) in [5, 5.41) is 10.1. The van der Waals surface area contributed by atoms with Crippen LogP contribution in [-0.4, -0.2) is 42.5 Å². The number of ether oxygens (including phenoxy) is 1. The Bertz CT molecular complexity index is 1220. The number of primary amides is 1. The Morgan fingerprint density at radius 2 is 2.00 bits per heavy atom. The predicted molar refractivity (Wildman–Crippen MR) is 125 cm³/mol. The molecule has 0 aliphatic heterocycles. The number of carbonyl (C=O) groups is 2. The Kier molecular flexibility index (Phi) is 8.49. The highest BCUT2D eigenvalue weighted by Crippen LogP contribution is 2.26. The molecule has 2 amide bonds. The zero-order valence-electron chi connectivity index (χ0n) is 18.5. The molecule has 0 radical (unpaired) electrons. The third-order valence-corrected chi connectivity index (χ3v) is 4.74. The third kappa shape index (κ3) is 5.85. The number of H-pyrrole nitrogens is 1. The van der Waals surface area contributed by atoms with Gasteiger partial charge in [-0.1, -0.05) is 12.1 Å². The topological polar surface area (TPSA) is 174 Å². The van der Waals surface area contributed by atoms with E-state index in [-0.39, 0.29) is 22.9 Å². The minimum atomic E-state index is -0.769. The molecule has 174 valence electrons. The molecule has 1 heterocycles. The maximum Gasteiger partial charge on any atom is 0.254 e. The molecular weight excluding hydrogens is 429 g/mol. The number of nitrogens with zero attached hydrogens (tertiary/aromatic N) is 2. The van der Waals surface area contributed by atoms with Gasteiger partial charge in [0.1, 0.15) is 23.0 Å². The Balaban J connectivity index is 0.000000321. The second-order valence-corrected chi connectivity index (χ2v) is 6.81. The Morgan fingerprint density at radius 1 is 1.27 bits per heavy atom. The Hall–Kier alpha value is -4.41. The zero-order valence-corrected chi connectivity index (χ0v) is 18.5. The first-order valence-electron chi connectivity index (χ1n) is 9.69. The van der Waals surface area contributed by atoms with Crippen molar-refractivity contribution < 1.29 is 18.7 Å². The molecule has 0 saturated heterocycles. The van der Waals surface area contributed by atoms with Gasteiger partial charge in [-0.3, -0.25) is 19.7 Å². The number of hydrogen-bond acceptors (Lipinski definition) is 6. The van der Waals surface area contributed by atoms with E-state index in [2.05, 4.69) is 20.5 Å². The molecule has 33 heavy (non-hydrogen) atoms. The summed E-state index contributed by atoms with van der Waals surface area (Å²) < 4.78 is 17.4. The first-order valence-corrected chi connectivity index (χ1v) is 9.69. The third-order valence-electron chi connectivity index (χ3n) is 4.74. The van der Waals surface area contributed by atoms with Crippen LogP contribution in [0.3, 0.4) is 0 Å². The summed E-state index contributed by atoms with van der Waals surface area (Å²) in [5.41, 5.74) is 20.1. The van der Waals surface area contributed by atoms with Crippen LogP contribution >= 0.6 is 0 Å². The lowest BCUT2D eigenvalue weighted by atomic mass is 9.99. The zero-order chi connectivity index (χ0) is 24.5. The van der Waals surface area contributed by atoms with Gasteiger partial charge in [0, 0.05) is 24.5 Å². The molecule has 8 N–H and O–H groups in total. The quantitative estimate of drug-likeness (QED) is 0.154. The average Bonchev–Trinajstić information content (AvgIpc) is 3.28. The number of fused-ring (bicyclic) bond motifs is 1. The fourth-order valence-electron chi connectivity index (χ4n) is 3.11. The number of aromatic nitrogens is 2. The predicted octanol–water partition coefficient (Wildman–Crippen LogP) is 1.09. The summed E-state index contributed by atoms with van der Waals surface area (Å²) in [4.78, 5) is 25.9. The fraction of sp³-hybridized carbons (Fsp3) is 0.182. The molecule has 0 unspecified atom stereocenters. The van der Waals surface area contributed by atoms with Crippen molar-refractivity contribution in [3.05, 3.63) is 64.6 Å². The number of carbonyl (C=O) groups excluding carboxylic acids is 2. The number of amidine groups is 1. The number of benzene rings is 2. The number of halogens is 1. The lowest BCUT2D eigenvalue weighted by Gasteiger charge is -2.11. The summed E-state index contributed by atoms with van der Waals surface area (Å²) in [6, 6.07) is 7.91. The standard InChI is InChI=1S/C14H17N7O2.C8H9FO/c1-18-13(16)10(14(17)23)11(15)8-3-2-7(4-19-6-22)12-9(8)5-20-21-12;1-6-5-7(9)3-4-8(6)10-2/h2-3,5-6H,4,15H2,1H3,(H2,16,18)(H2,17,23)(H,19,22)(H,20,21);3-5H,1-2H3/b11-10+;. The molecule has 0 atom stereocenters. The van der Waals surface area contributed by atoms with Gasteiger partial charge in [-0.15, -0.1) is 0 Å². The molecule has 3 rings (SSSR count). The van der Waals surface area contributed by atoms with E-state index >= 15 is 0 Å². The SMILES string of the molecule is CN=C(N)/C(C(N)=O)=C(\N)c1ccc(CNC=O)c2[nH]ncc12.COc1ccc(F)cc1C. The van der Waals surface area contributed by atoms with Gasteiger partial charge in [0.05, 0.1) is 24.5 Å². The number of nitrogens with one attached hydrogen (secondary N) is 2. The minimum absolute atomic E-state index is 0.0432. The number of methoxy groups -OCH3 is 1. The molecule has 0 aliphatic rings. The van der Waals surface area contributed by atoms with Crippen molar-refractivity contribution in [3.63, 3.8) is 0 Å². The summed E-state index contributed by atoms with van der Waals surface area (Å²) in [6.45, 7) is 2.13. The van der Waals surface area contributed by atoms with Crippen molar-refractivity contribution in [2.45, 2.75) is 13.5 Å². The van der Waals surface area contributed by atoms with Crippen molar-refractivity contribution in [1.82, 2.24) is 15.5 Å². The van der Waals surface area contributed by atoms with Crippen LogP contribution in [0.2, 0.25) is 0 Å². The van der Waals surface area contributed by atoms with Crippen LogP contribution in [-0.2, 0) is 16.1 Å². The van der Waals surface area contributed by atoms with E-state index in [9.17, 15) is 14.0 Å². The second kappa shape index (κ2) is 11.3. The van der Waals surface area contributed by atoms with Crippen LogP contribution < -0.4 is 27.3 Å². The van der Waals surface area contributed by atoms with E-state index in [0.29, 0.717) is 29.4 Å². The van der Waals surface area contributed by atoms with Crippen molar-refractivity contribution >= 4 is 34.8 Å². The number of hydrogen-bond donors (Lipinski definition) is 5. The second-order valence-electron chi connectivity index (χ2n) is 6.81. The van der Waals surface area contributed by atoms with Gasteiger partial charge in [0.25, 0.3) is 5.91 Å². The van der Waals surface area contributed by atoms with Gasteiger partial charge in [0.15, 0.2) is 0 Å². The van der Waals surface area contributed by atoms with E-state index in [1.807, 2.05) is 6.92 Å². The summed E-state index contributed by atoms with van der Waals surface area (Å²) >= 11 is 0. The number of aryl methyl sites for hydroxylation is 1. The van der Waals surface area contributed by atoms with Crippen molar-refractivity contribution in [2.24, 2.45) is 22.2 Å². The van der Waals surface area contributed by atoms with Crippen molar-refractivity contribution in [1.29, 1.82) is 0 Å². The van der Waals surface area contributed by atoms with Crippen molar-refractivity contribution in [3.8, 4) is 5.75 Å². The molecule has 2 aromatic carbocycles. The normalized spacial score (nSPS) is 11.8. The van der Waals surface area contributed by atoms with Crippen LogP contribution in [0.25, 0.3) is 16.6 Å². The smallest absolute Gasteiger partial charge is 0.254 e. The van der Waals surface area contributed by atoms with E-state index in [0.717, 1.165) is 16.9 Å². The van der Waals surface area contributed by atoms with E-state index in [4.69, 9.17) is 21.9 Å². The Morgan fingerprint density at radius 3 is 2.58 bits per heavy atom. The van der Waals surface area contributed by atoms with Gasteiger partial charge in [-0.2, -0.15) is 5.10 Å². The first kappa shape index (κ1) is 24.9. The number of rotatable bonds is 7. The number of amides is 2. The highest BCUT2D eigenvalue weighted by Gasteiger charge is 2.18. The number of nitrogens with two attached hydrogens (primary N) is 3. The maximum atomic E-state index is 12.4. The molecule has 11 heteroatoms. The first-order chi connectivity index (χ1) is 15.7. The van der Waals surface area contributed by atoms with Gasteiger partial charge < -0.3 is 27.3 Å².